The fourth-order valence-electron chi connectivity index (χ4n) is 5.00. The molecule has 2 aliphatic heterocycles. The van der Waals surface area contributed by atoms with Crippen molar-refractivity contribution in [2.75, 3.05) is 56.3 Å². The maximum Gasteiger partial charge on any atom is 0.404 e. The van der Waals surface area contributed by atoms with Crippen LogP contribution < -0.4 is 21.1 Å². The molecule has 2 amide bonds. The van der Waals surface area contributed by atoms with E-state index in [4.69, 9.17) is 21.4 Å². The van der Waals surface area contributed by atoms with Crippen molar-refractivity contribution in [3.63, 3.8) is 0 Å². The second-order valence-electron chi connectivity index (χ2n) is 9.07. The zero-order chi connectivity index (χ0) is 24.1. The predicted molar refractivity (Wildman–Crippen MR) is 123 cm³/mol. The maximum absolute atomic E-state index is 15.3. The first-order valence-corrected chi connectivity index (χ1v) is 12.1. The van der Waals surface area contributed by atoms with E-state index in [2.05, 4.69) is 31.0 Å². The van der Waals surface area contributed by atoms with Crippen LogP contribution in [0.2, 0.25) is 5.28 Å². The molecule has 3 heterocycles. The van der Waals surface area contributed by atoms with Gasteiger partial charge in [-0.3, -0.25) is 20.5 Å². The topological polar surface area (TPSA) is 132 Å². The van der Waals surface area contributed by atoms with E-state index in [1.807, 2.05) is 4.90 Å². The van der Waals surface area contributed by atoms with Crippen molar-refractivity contribution in [3.8, 4) is 0 Å². The Morgan fingerprint density at radius 3 is 2.79 bits per heavy atom. The number of fused-ring (bicyclic) bond motifs is 1. The molecule has 4 N–H and O–H groups in total. The Bertz CT molecular complexity index is 889. The van der Waals surface area contributed by atoms with E-state index in [9.17, 15) is 9.59 Å². The van der Waals surface area contributed by atoms with Gasteiger partial charge in [-0.2, -0.15) is 14.4 Å². The molecule has 2 atom stereocenters. The third-order valence-corrected chi connectivity index (χ3v) is 6.98. The molecule has 34 heavy (non-hydrogen) atoms. The highest BCUT2D eigenvalue weighted by Gasteiger charge is 2.32. The molecule has 3 aliphatic rings. The molecule has 188 valence electrons. The molecule has 4 rings (SSSR count). The lowest BCUT2D eigenvalue weighted by Gasteiger charge is -2.44. The number of anilines is 2. The number of piperazine rings is 1. The zero-order valence-corrected chi connectivity index (χ0v) is 19.7. The van der Waals surface area contributed by atoms with E-state index in [0.29, 0.717) is 38.6 Å². The summed E-state index contributed by atoms with van der Waals surface area (Å²) in [6.45, 7) is 3.98. The molecule has 3 fully saturated rings. The number of nitrogens with zero attached hydrogens (tertiary/aromatic N) is 4. The van der Waals surface area contributed by atoms with E-state index < -0.39 is 23.7 Å². The summed E-state index contributed by atoms with van der Waals surface area (Å²) in [5, 5.41) is 11.1. The number of hydrogen-bond acceptors (Lipinski definition) is 8. The van der Waals surface area contributed by atoms with Crippen LogP contribution in [0.25, 0.3) is 0 Å². The number of carboxylic acid groups (broad SMARTS) is 1. The molecule has 0 bridgehead atoms. The minimum Gasteiger partial charge on any atom is -0.465 e. The number of halogens is 2. The first kappa shape index (κ1) is 24.7. The van der Waals surface area contributed by atoms with Gasteiger partial charge in [0.05, 0.1) is 25.2 Å². The number of aromatic nitrogens is 2. The summed E-state index contributed by atoms with van der Waals surface area (Å²) < 4.78 is 20.9. The minimum atomic E-state index is -1.20. The van der Waals surface area contributed by atoms with Crippen molar-refractivity contribution in [1.82, 2.24) is 25.6 Å². The molecule has 1 saturated carbocycles. The highest BCUT2D eigenvalue weighted by atomic mass is 35.5. The lowest BCUT2D eigenvalue weighted by Crippen LogP contribution is -2.58. The van der Waals surface area contributed by atoms with Crippen LogP contribution in [0, 0.1) is 17.7 Å². The normalized spacial score (nSPS) is 22.2. The molecule has 0 aromatic carbocycles. The Morgan fingerprint density at radius 2 is 2.03 bits per heavy atom. The predicted octanol–water partition coefficient (Wildman–Crippen LogP) is 1.70. The third-order valence-electron chi connectivity index (χ3n) is 6.81. The largest absolute Gasteiger partial charge is 0.465 e. The van der Waals surface area contributed by atoms with Gasteiger partial charge in [-0.1, -0.05) is 25.7 Å². The smallest absolute Gasteiger partial charge is 0.404 e. The molecule has 13 heteroatoms. The Labute approximate surface area is 202 Å². The summed E-state index contributed by atoms with van der Waals surface area (Å²) in [5.41, 5.74) is 5.02. The number of carbonyl (C=O) groups excluding carboxylic acids is 1. The van der Waals surface area contributed by atoms with Crippen LogP contribution in [-0.2, 0) is 9.53 Å². The van der Waals surface area contributed by atoms with Gasteiger partial charge in [0.25, 0.3) is 0 Å². The number of hydrazine groups is 1. The van der Waals surface area contributed by atoms with Crippen molar-refractivity contribution in [2.45, 2.75) is 38.1 Å². The average molecular weight is 500 g/mol. The van der Waals surface area contributed by atoms with Crippen molar-refractivity contribution in [2.24, 2.45) is 11.8 Å². The molecule has 0 radical (unpaired) electrons. The lowest BCUT2D eigenvalue weighted by atomic mass is 9.92. The van der Waals surface area contributed by atoms with Crippen LogP contribution in [0.3, 0.4) is 0 Å². The molecule has 0 unspecified atom stereocenters. The first-order valence-electron chi connectivity index (χ1n) is 11.7. The minimum absolute atomic E-state index is 0.0225. The molecule has 1 aromatic heterocycles. The lowest BCUT2D eigenvalue weighted by molar-refractivity contribution is -0.124. The van der Waals surface area contributed by atoms with Gasteiger partial charge < -0.3 is 20.1 Å². The van der Waals surface area contributed by atoms with Gasteiger partial charge in [0, 0.05) is 32.7 Å². The van der Waals surface area contributed by atoms with E-state index in [-0.39, 0.29) is 29.5 Å². The average Bonchev–Trinajstić information content (AvgIpc) is 3.34. The van der Waals surface area contributed by atoms with Crippen molar-refractivity contribution in [1.29, 1.82) is 0 Å². The highest BCUT2D eigenvalue weighted by Crippen LogP contribution is 2.31. The number of hydrogen-bond donors (Lipinski definition) is 4. The molecular formula is C21H31ClFN7O4. The summed E-state index contributed by atoms with van der Waals surface area (Å²) in [6, 6.07) is 0.143. The first-order chi connectivity index (χ1) is 16.4. The summed E-state index contributed by atoms with van der Waals surface area (Å²) in [7, 11) is 0. The van der Waals surface area contributed by atoms with Gasteiger partial charge in [-0.15, -0.1) is 0 Å². The van der Waals surface area contributed by atoms with Crippen LogP contribution in [0.1, 0.15) is 32.1 Å². The van der Waals surface area contributed by atoms with Gasteiger partial charge in [-0.25, -0.2) is 4.79 Å². The van der Waals surface area contributed by atoms with E-state index in [0.717, 1.165) is 38.8 Å². The quantitative estimate of drug-likeness (QED) is 0.311. The van der Waals surface area contributed by atoms with Gasteiger partial charge in [0.1, 0.15) is 0 Å². The summed E-state index contributed by atoms with van der Waals surface area (Å²) >= 11 is 6.08. The van der Waals surface area contributed by atoms with Crippen LogP contribution in [0.15, 0.2) is 0 Å². The van der Waals surface area contributed by atoms with Crippen LogP contribution in [0.5, 0.6) is 0 Å². The number of ether oxygens (including phenoxy) is 1. The monoisotopic (exact) mass is 499 g/mol. The number of morpholine rings is 1. The number of rotatable bonds is 8. The molecule has 1 aliphatic carbocycles. The summed E-state index contributed by atoms with van der Waals surface area (Å²) in [5.74, 6) is -1.56. The number of amides is 2. The van der Waals surface area contributed by atoms with E-state index in [1.54, 1.807) is 0 Å². The van der Waals surface area contributed by atoms with Crippen LogP contribution in [0.4, 0.5) is 20.8 Å². The van der Waals surface area contributed by atoms with Crippen molar-refractivity contribution in [3.05, 3.63) is 11.1 Å². The fraction of sp³-hybridized carbons (Fsp3) is 0.714. The van der Waals surface area contributed by atoms with Gasteiger partial charge >= 0.3 is 6.09 Å². The molecule has 0 spiro atoms. The van der Waals surface area contributed by atoms with E-state index in [1.165, 1.54) is 0 Å². The maximum atomic E-state index is 15.3. The number of carbonyl (C=O) groups is 2. The van der Waals surface area contributed by atoms with Crippen molar-refractivity contribution >= 4 is 35.2 Å². The summed E-state index contributed by atoms with van der Waals surface area (Å²) in [4.78, 5) is 35.9. The van der Waals surface area contributed by atoms with Crippen LogP contribution in [-0.4, -0.2) is 84.0 Å². The Morgan fingerprint density at radius 1 is 1.24 bits per heavy atom. The Hall–Kier alpha value is -2.44. The molecule has 11 nitrogen and oxygen atoms in total. The van der Waals surface area contributed by atoms with E-state index >= 15 is 4.39 Å². The SMILES string of the molecule is O=C(O)NC[C@@H](CC1CCCC1)C(=O)NNc1nc(Cl)nc(N2CCN3CCOC[C@H]3C2)c1F. The highest BCUT2D eigenvalue weighted by molar-refractivity contribution is 6.28. The second-order valence-corrected chi connectivity index (χ2v) is 9.41. The van der Waals surface area contributed by atoms with Gasteiger partial charge in [0.15, 0.2) is 11.6 Å². The molecule has 2 saturated heterocycles. The summed E-state index contributed by atoms with van der Waals surface area (Å²) in [6.07, 6.45) is 3.61. The molecular weight excluding hydrogens is 469 g/mol. The van der Waals surface area contributed by atoms with Gasteiger partial charge in [-0.05, 0) is 23.9 Å². The standard InChI is InChI=1S/C21H31ClFN7O4/c22-20-25-17(16(23)18(26-20)30-6-5-29-7-8-34-12-15(29)11-30)27-28-19(31)14(10-24-21(32)33)9-13-3-1-2-4-13/h13-15,24H,1-12H2,(H,28,31)(H,32,33)(H,25,26,27)/t14-,15-/m1/s1. The van der Waals surface area contributed by atoms with Crippen LogP contribution >= 0.6 is 11.6 Å². The Kier molecular flexibility index (Phi) is 8.22. The number of nitrogens with one attached hydrogen (secondary N) is 3. The van der Waals surface area contributed by atoms with Crippen molar-refractivity contribution < 1.29 is 23.8 Å². The molecule has 1 aromatic rings. The fourth-order valence-corrected chi connectivity index (χ4v) is 5.17. The second kappa shape index (κ2) is 11.3. The van der Waals surface area contributed by atoms with Gasteiger partial charge in [0.2, 0.25) is 17.0 Å². The Balaban J connectivity index is 1.41. The third kappa shape index (κ3) is 6.16. The zero-order valence-electron chi connectivity index (χ0n) is 18.9.